The summed E-state index contributed by atoms with van der Waals surface area (Å²) >= 11 is 0. The first-order valence-electron chi connectivity index (χ1n) is 7.54. The minimum atomic E-state index is -0.293. The molecule has 0 bridgehead atoms. The van der Waals surface area contributed by atoms with E-state index in [1.54, 1.807) is 12.3 Å². The van der Waals surface area contributed by atoms with E-state index in [4.69, 9.17) is 0 Å². The number of carbonyl (C=O) groups is 1. The minimum Gasteiger partial charge on any atom is -0.360 e. The number of hydrogen-bond acceptors (Lipinski definition) is 1. The molecule has 3 rings (SSSR count). The van der Waals surface area contributed by atoms with Gasteiger partial charge in [-0.15, -0.1) is 0 Å². The molecular formula is C17H20FNO. The molecular weight excluding hydrogens is 253 g/mol. The Morgan fingerprint density at radius 3 is 2.85 bits per heavy atom. The lowest BCUT2D eigenvalue weighted by molar-refractivity contribution is 0.0972. The molecule has 1 aromatic heterocycles. The highest BCUT2D eigenvalue weighted by Crippen LogP contribution is 2.28. The molecule has 0 saturated heterocycles. The lowest BCUT2D eigenvalue weighted by atomic mass is 9.85. The monoisotopic (exact) mass is 273 g/mol. The van der Waals surface area contributed by atoms with E-state index in [2.05, 4.69) is 4.98 Å². The zero-order chi connectivity index (χ0) is 13.9. The predicted octanol–water partition coefficient (Wildman–Crippen LogP) is 4.85. The lowest BCUT2D eigenvalue weighted by Gasteiger charge is -2.20. The molecule has 2 aromatic rings. The number of hydrogen-bond donors (Lipinski definition) is 1. The van der Waals surface area contributed by atoms with Crippen LogP contribution in [0.15, 0.2) is 24.4 Å². The van der Waals surface area contributed by atoms with Crippen molar-refractivity contribution in [1.29, 1.82) is 0 Å². The predicted molar refractivity (Wildman–Crippen MR) is 78.4 cm³/mol. The van der Waals surface area contributed by atoms with Gasteiger partial charge < -0.3 is 4.98 Å². The van der Waals surface area contributed by atoms with Gasteiger partial charge in [-0.2, -0.15) is 0 Å². The van der Waals surface area contributed by atoms with E-state index in [1.807, 2.05) is 0 Å². The van der Waals surface area contributed by atoms with Gasteiger partial charge in [0, 0.05) is 29.1 Å². The summed E-state index contributed by atoms with van der Waals surface area (Å²) in [5.41, 5.74) is 1.46. The smallest absolute Gasteiger partial charge is 0.165 e. The quantitative estimate of drug-likeness (QED) is 0.793. The van der Waals surface area contributed by atoms with Crippen LogP contribution in [0.5, 0.6) is 0 Å². The van der Waals surface area contributed by atoms with Crippen LogP contribution in [0, 0.1) is 11.7 Å². The van der Waals surface area contributed by atoms with Gasteiger partial charge in [-0.1, -0.05) is 32.1 Å². The Labute approximate surface area is 118 Å². The minimum absolute atomic E-state index is 0.132. The molecule has 1 aliphatic carbocycles. The number of Topliss-reactive ketones (excluding diaryl/α,β-unsaturated/α-hetero) is 1. The number of aromatic amines is 1. The Bertz CT molecular complexity index is 610. The van der Waals surface area contributed by atoms with Gasteiger partial charge in [0.25, 0.3) is 0 Å². The number of nitrogens with one attached hydrogen (secondary N) is 1. The molecule has 2 nitrogen and oxygen atoms in total. The summed E-state index contributed by atoms with van der Waals surface area (Å²) in [5, 5.41) is 0.707. The number of rotatable bonds is 4. The van der Waals surface area contributed by atoms with Gasteiger partial charge in [0.15, 0.2) is 5.78 Å². The van der Waals surface area contributed by atoms with Crippen molar-refractivity contribution in [2.75, 3.05) is 0 Å². The van der Waals surface area contributed by atoms with E-state index in [0.717, 1.165) is 11.9 Å². The average Bonchev–Trinajstić information content (AvgIpc) is 2.89. The topological polar surface area (TPSA) is 32.9 Å². The molecule has 0 aliphatic heterocycles. The second-order valence-electron chi connectivity index (χ2n) is 5.86. The summed E-state index contributed by atoms with van der Waals surface area (Å²) < 4.78 is 13.3. The Hall–Kier alpha value is -1.64. The van der Waals surface area contributed by atoms with Crippen molar-refractivity contribution in [1.82, 2.24) is 4.98 Å². The molecule has 1 saturated carbocycles. The highest BCUT2D eigenvalue weighted by Gasteiger charge is 2.17. The van der Waals surface area contributed by atoms with Crippen LogP contribution in [-0.4, -0.2) is 10.8 Å². The van der Waals surface area contributed by atoms with Crippen molar-refractivity contribution < 1.29 is 9.18 Å². The first kappa shape index (κ1) is 13.3. The molecule has 0 spiro atoms. The zero-order valence-corrected chi connectivity index (χ0v) is 11.6. The van der Waals surface area contributed by atoms with E-state index >= 15 is 0 Å². The van der Waals surface area contributed by atoms with Gasteiger partial charge in [0.05, 0.1) is 0 Å². The second kappa shape index (κ2) is 5.78. The highest BCUT2D eigenvalue weighted by atomic mass is 19.1. The standard InChI is InChI=1S/C17H20FNO/c18-13-7-8-16-14(10-13)15(11-19-16)17(20)9-6-12-4-2-1-3-5-12/h7-8,10-12,19H,1-6,9H2. The molecule has 106 valence electrons. The van der Waals surface area contributed by atoms with Gasteiger partial charge in [-0.05, 0) is 30.5 Å². The van der Waals surface area contributed by atoms with Gasteiger partial charge in [-0.25, -0.2) is 4.39 Å². The fourth-order valence-corrected chi connectivity index (χ4v) is 3.27. The average molecular weight is 273 g/mol. The van der Waals surface area contributed by atoms with Crippen molar-refractivity contribution in [2.45, 2.75) is 44.9 Å². The van der Waals surface area contributed by atoms with Gasteiger partial charge in [0.1, 0.15) is 5.82 Å². The molecule has 1 fully saturated rings. The molecule has 0 radical (unpaired) electrons. The number of fused-ring (bicyclic) bond motifs is 1. The first-order valence-corrected chi connectivity index (χ1v) is 7.54. The Balaban J connectivity index is 1.70. The second-order valence-corrected chi connectivity index (χ2v) is 5.86. The van der Waals surface area contributed by atoms with Crippen LogP contribution in [-0.2, 0) is 0 Å². The molecule has 1 aliphatic rings. The van der Waals surface area contributed by atoms with Crippen molar-refractivity contribution in [3.8, 4) is 0 Å². The SMILES string of the molecule is O=C(CCC1CCCCC1)c1c[nH]c2ccc(F)cc12. The van der Waals surface area contributed by atoms with Gasteiger partial charge >= 0.3 is 0 Å². The fourth-order valence-electron chi connectivity index (χ4n) is 3.27. The van der Waals surface area contributed by atoms with Crippen LogP contribution in [0.1, 0.15) is 55.3 Å². The van der Waals surface area contributed by atoms with Crippen molar-refractivity contribution in [3.63, 3.8) is 0 Å². The summed E-state index contributed by atoms with van der Waals surface area (Å²) in [6.07, 6.45) is 9.73. The maximum Gasteiger partial charge on any atom is 0.165 e. The van der Waals surface area contributed by atoms with Crippen LogP contribution in [0.25, 0.3) is 10.9 Å². The third-order valence-electron chi connectivity index (χ3n) is 4.45. The zero-order valence-electron chi connectivity index (χ0n) is 11.6. The number of ketones is 1. The highest BCUT2D eigenvalue weighted by molar-refractivity contribution is 6.07. The Morgan fingerprint density at radius 2 is 2.05 bits per heavy atom. The Morgan fingerprint density at radius 1 is 1.25 bits per heavy atom. The first-order chi connectivity index (χ1) is 9.74. The molecule has 20 heavy (non-hydrogen) atoms. The van der Waals surface area contributed by atoms with Crippen LogP contribution in [0.4, 0.5) is 4.39 Å². The third-order valence-corrected chi connectivity index (χ3v) is 4.45. The van der Waals surface area contributed by atoms with E-state index in [-0.39, 0.29) is 11.6 Å². The van der Waals surface area contributed by atoms with E-state index in [1.165, 1.54) is 44.2 Å². The summed E-state index contributed by atoms with van der Waals surface area (Å²) in [6.45, 7) is 0. The van der Waals surface area contributed by atoms with Crippen molar-refractivity contribution in [3.05, 3.63) is 35.8 Å². The summed E-state index contributed by atoms with van der Waals surface area (Å²) in [7, 11) is 0. The summed E-state index contributed by atoms with van der Waals surface area (Å²) in [5.74, 6) is 0.542. The summed E-state index contributed by atoms with van der Waals surface area (Å²) in [6, 6.07) is 4.54. The number of benzene rings is 1. The molecule has 0 unspecified atom stereocenters. The number of carbonyl (C=O) groups excluding carboxylic acids is 1. The van der Waals surface area contributed by atoms with Gasteiger partial charge in [-0.3, -0.25) is 4.79 Å². The maximum absolute atomic E-state index is 13.3. The van der Waals surface area contributed by atoms with Crippen molar-refractivity contribution >= 4 is 16.7 Å². The van der Waals surface area contributed by atoms with E-state index in [0.29, 0.717) is 23.3 Å². The van der Waals surface area contributed by atoms with E-state index < -0.39 is 0 Å². The van der Waals surface area contributed by atoms with Crippen LogP contribution in [0.3, 0.4) is 0 Å². The fraction of sp³-hybridized carbons (Fsp3) is 0.471. The normalized spacial score (nSPS) is 16.6. The Kier molecular flexibility index (Phi) is 3.86. The number of halogens is 1. The van der Waals surface area contributed by atoms with E-state index in [9.17, 15) is 9.18 Å². The van der Waals surface area contributed by atoms with Crippen LogP contribution < -0.4 is 0 Å². The molecule has 0 amide bonds. The molecule has 1 heterocycles. The largest absolute Gasteiger partial charge is 0.360 e. The third kappa shape index (κ3) is 2.77. The molecule has 1 aromatic carbocycles. The number of aromatic nitrogens is 1. The van der Waals surface area contributed by atoms with Gasteiger partial charge in [0.2, 0.25) is 0 Å². The molecule has 1 N–H and O–H groups in total. The van der Waals surface area contributed by atoms with Crippen LogP contribution in [0.2, 0.25) is 0 Å². The van der Waals surface area contributed by atoms with Crippen LogP contribution >= 0.6 is 0 Å². The lowest BCUT2D eigenvalue weighted by Crippen LogP contribution is -2.09. The maximum atomic E-state index is 13.3. The van der Waals surface area contributed by atoms with Crippen molar-refractivity contribution in [2.24, 2.45) is 5.92 Å². The molecule has 0 atom stereocenters. The number of H-pyrrole nitrogens is 1. The molecule has 3 heteroatoms. The summed E-state index contributed by atoms with van der Waals surface area (Å²) in [4.78, 5) is 15.4.